The van der Waals surface area contributed by atoms with Gasteiger partial charge in [0.2, 0.25) is 11.8 Å². The minimum atomic E-state index is -3.02. The van der Waals surface area contributed by atoms with Crippen molar-refractivity contribution in [3.8, 4) is 5.88 Å². The van der Waals surface area contributed by atoms with Gasteiger partial charge in [-0.15, -0.1) is 0 Å². The number of nitrogens with zero attached hydrogens (tertiary/aromatic N) is 3. The monoisotopic (exact) mass is 482 g/mol. The van der Waals surface area contributed by atoms with Gasteiger partial charge in [-0.2, -0.15) is 0 Å². The average molecular weight is 483 g/mol. The fourth-order valence-electron chi connectivity index (χ4n) is 3.45. The van der Waals surface area contributed by atoms with Gasteiger partial charge < -0.3 is 20.1 Å². The van der Waals surface area contributed by atoms with E-state index >= 15 is 0 Å². The second-order valence-electron chi connectivity index (χ2n) is 7.91. The minimum absolute atomic E-state index is 0.0162. The van der Waals surface area contributed by atoms with Crippen LogP contribution in [0.15, 0.2) is 24.5 Å². The fraction of sp³-hybridized carbons (Fsp3) is 0.455. The van der Waals surface area contributed by atoms with E-state index < -0.39 is 18.6 Å². The molecule has 1 aliphatic rings. The summed E-state index contributed by atoms with van der Waals surface area (Å²) in [5.74, 6) is -3.59. The number of alkyl halides is 2. The molecular formula is C22H25ClF2N4O4. The van der Waals surface area contributed by atoms with Crippen LogP contribution < -0.4 is 10.1 Å². The first-order valence-corrected chi connectivity index (χ1v) is 10.8. The number of hydrogen-bond acceptors (Lipinski definition) is 6. The summed E-state index contributed by atoms with van der Waals surface area (Å²) in [5, 5.41) is 11.6. The van der Waals surface area contributed by atoms with Crippen molar-refractivity contribution in [1.82, 2.24) is 20.2 Å². The number of carbonyl (C=O) groups is 2. The Morgan fingerprint density at radius 3 is 2.85 bits per heavy atom. The number of ether oxygens (including phenoxy) is 1. The van der Waals surface area contributed by atoms with Crippen LogP contribution in [-0.2, 0) is 17.8 Å². The SMILES string of the molecule is CC(c1cnc(OCC(C)(F)F)c(Cl)c1)N1Cc2c(ccnc2CC(=O)NCCCO)C1=O. The molecule has 1 unspecified atom stereocenters. The molecule has 1 atom stereocenters. The summed E-state index contributed by atoms with van der Waals surface area (Å²) in [6.07, 6.45) is 3.40. The second kappa shape index (κ2) is 10.4. The first-order valence-electron chi connectivity index (χ1n) is 10.4. The van der Waals surface area contributed by atoms with Crippen LogP contribution in [0.2, 0.25) is 5.02 Å². The summed E-state index contributed by atoms with van der Waals surface area (Å²) < 4.78 is 31.1. The van der Waals surface area contributed by atoms with Crippen molar-refractivity contribution in [2.45, 2.75) is 45.2 Å². The molecule has 1 aliphatic heterocycles. The van der Waals surface area contributed by atoms with E-state index in [0.717, 1.165) is 6.92 Å². The normalized spacial score (nSPS) is 14.2. The van der Waals surface area contributed by atoms with Crippen LogP contribution in [0.4, 0.5) is 8.78 Å². The Hall–Kier alpha value is -2.85. The van der Waals surface area contributed by atoms with Gasteiger partial charge in [0.25, 0.3) is 11.8 Å². The molecule has 3 rings (SSSR count). The van der Waals surface area contributed by atoms with Gasteiger partial charge in [-0.1, -0.05) is 11.6 Å². The molecule has 178 valence electrons. The third-order valence-corrected chi connectivity index (χ3v) is 5.46. The van der Waals surface area contributed by atoms with Crippen LogP contribution in [0.5, 0.6) is 5.88 Å². The number of aliphatic hydroxyl groups excluding tert-OH is 1. The summed E-state index contributed by atoms with van der Waals surface area (Å²) in [5.41, 5.74) is 2.26. The van der Waals surface area contributed by atoms with Crippen LogP contribution in [0.1, 0.15) is 53.5 Å². The number of fused-ring (bicyclic) bond motifs is 1. The van der Waals surface area contributed by atoms with Crippen molar-refractivity contribution in [2.24, 2.45) is 0 Å². The molecule has 0 aromatic carbocycles. The number of nitrogens with one attached hydrogen (secondary N) is 1. The molecule has 0 fully saturated rings. The average Bonchev–Trinajstić information content (AvgIpc) is 3.09. The smallest absolute Gasteiger partial charge is 0.278 e. The van der Waals surface area contributed by atoms with E-state index in [1.165, 1.54) is 18.5 Å². The summed E-state index contributed by atoms with van der Waals surface area (Å²) in [6.45, 7) is 2.27. The number of aliphatic hydroxyl groups is 1. The quantitative estimate of drug-likeness (QED) is 0.504. The molecular weight excluding hydrogens is 458 g/mol. The van der Waals surface area contributed by atoms with E-state index in [4.69, 9.17) is 21.4 Å². The first-order chi connectivity index (χ1) is 15.6. The van der Waals surface area contributed by atoms with Gasteiger partial charge in [0.15, 0.2) is 6.61 Å². The second-order valence-corrected chi connectivity index (χ2v) is 8.32. The van der Waals surface area contributed by atoms with Gasteiger partial charge >= 0.3 is 0 Å². The summed E-state index contributed by atoms with van der Waals surface area (Å²) in [4.78, 5) is 35.1. The highest BCUT2D eigenvalue weighted by Gasteiger charge is 2.34. The lowest BCUT2D eigenvalue weighted by molar-refractivity contribution is -0.120. The van der Waals surface area contributed by atoms with E-state index in [-0.39, 0.29) is 42.3 Å². The van der Waals surface area contributed by atoms with Crippen LogP contribution in [0.3, 0.4) is 0 Å². The van der Waals surface area contributed by atoms with E-state index in [2.05, 4.69) is 15.3 Å². The van der Waals surface area contributed by atoms with Gasteiger partial charge in [-0.05, 0) is 31.0 Å². The minimum Gasteiger partial charge on any atom is -0.470 e. The zero-order valence-electron chi connectivity index (χ0n) is 18.3. The van der Waals surface area contributed by atoms with Gasteiger partial charge in [0.05, 0.1) is 18.2 Å². The van der Waals surface area contributed by atoms with Crippen LogP contribution in [0.25, 0.3) is 0 Å². The molecule has 0 bridgehead atoms. The molecule has 8 nitrogen and oxygen atoms in total. The van der Waals surface area contributed by atoms with Gasteiger partial charge in [0, 0.05) is 50.1 Å². The molecule has 2 amide bonds. The van der Waals surface area contributed by atoms with Crippen molar-refractivity contribution >= 4 is 23.4 Å². The van der Waals surface area contributed by atoms with E-state index in [0.29, 0.717) is 35.3 Å². The van der Waals surface area contributed by atoms with E-state index in [1.54, 1.807) is 17.9 Å². The Kier molecular flexibility index (Phi) is 7.80. The third kappa shape index (κ3) is 6.14. The number of halogens is 3. The van der Waals surface area contributed by atoms with Gasteiger partial charge in [-0.25, -0.2) is 13.8 Å². The number of pyridine rings is 2. The lowest BCUT2D eigenvalue weighted by Gasteiger charge is -2.25. The number of amides is 2. The highest BCUT2D eigenvalue weighted by molar-refractivity contribution is 6.31. The fourth-order valence-corrected chi connectivity index (χ4v) is 3.68. The molecule has 0 aliphatic carbocycles. The number of hydrogen-bond donors (Lipinski definition) is 2. The highest BCUT2D eigenvalue weighted by atomic mass is 35.5. The maximum absolute atomic E-state index is 13.0. The van der Waals surface area contributed by atoms with Crippen LogP contribution >= 0.6 is 11.6 Å². The Balaban J connectivity index is 1.73. The van der Waals surface area contributed by atoms with E-state index in [9.17, 15) is 18.4 Å². The maximum Gasteiger partial charge on any atom is 0.278 e. The lowest BCUT2D eigenvalue weighted by atomic mass is 10.1. The zero-order valence-corrected chi connectivity index (χ0v) is 19.0. The zero-order chi connectivity index (χ0) is 24.2. The number of aromatic nitrogens is 2. The molecule has 0 spiro atoms. The van der Waals surface area contributed by atoms with Crippen molar-refractivity contribution in [2.75, 3.05) is 19.8 Å². The largest absolute Gasteiger partial charge is 0.470 e. The Morgan fingerprint density at radius 2 is 2.18 bits per heavy atom. The van der Waals surface area contributed by atoms with Gasteiger partial charge in [0.1, 0.15) is 5.02 Å². The standard InChI is InChI=1S/C22H25ClF2N4O4/c1-13(14-8-17(23)20(28-10-14)33-12-22(2,24)25)29-11-16-15(21(29)32)4-6-26-18(16)9-19(31)27-5-3-7-30/h4,6,8,10,13,30H,3,5,7,9,11-12H2,1-2H3,(H,27,31). The summed E-state index contributed by atoms with van der Waals surface area (Å²) in [6, 6.07) is 2.72. The molecule has 0 saturated carbocycles. The van der Waals surface area contributed by atoms with Crippen LogP contribution in [0, 0.1) is 0 Å². The Bertz CT molecular complexity index is 1030. The van der Waals surface area contributed by atoms with Crippen molar-refractivity contribution in [3.05, 3.63) is 51.9 Å². The molecule has 3 heterocycles. The third-order valence-electron chi connectivity index (χ3n) is 5.19. The molecule has 2 aromatic heterocycles. The Morgan fingerprint density at radius 1 is 1.42 bits per heavy atom. The maximum atomic E-state index is 13.0. The predicted octanol–water partition coefficient (Wildman–Crippen LogP) is 2.92. The van der Waals surface area contributed by atoms with E-state index in [1.807, 2.05) is 0 Å². The van der Waals surface area contributed by atoms with Crippen molar-refractivity contribution < 1.29 is 28.2 Å². The molecule has 33 heavy (non-hydrogen) atoms. The Labute approximate surface area is 194 Å². The molecule has 2 aromatic rings. The molecule has 0 saturated heterocycles. The number of carbonyl (C=O) groups excluding carboxylic acids is 2. The van der Waals surface area contributed by atoms with Crippen molar-refractivity contribution in [1.29, 1.82) is 0 Å². The molecule has 0 radical (unpaired) electrons. The van der Waals surface area contributed by atoms with Gasteiger partial charge in [-0.3, -0.25) is 14.6 Å². The first kappa shape index (κ1) is 24.8. The topological polar surface area (TPSA) is 105 Å². The lowest BCUT2D eigenvalue weighted by Crippen LogP contribution is -2.28. The molecule has 2 N–H and O–H groups in total. The summed E-state index contributed by atoms with van der Waals surface area (Å²) in [7, 11) is 0. The van der Waals surface area contributed by atoms with Crippen LogP contribution in [-0.4, -0.2) is 57.5 Å². The molecule has 11 heteroatoms. The predicted molar refractivity (Wildman–Crippen MR) is 116 cm³/mol. The van der Waals surface area contributed by atoms with Crippen molar-refractivity contribution in [3.63, 3.8) is 0 Å². The summed E-state index contributed by atoms with van der Waals surface area (Å²) >= 11 is 6.16. The highest BCUT2D eigenvalue weighted by Crippen LogP contribution is 2.34. The number of rotatable bonds is 10.